The van der Waals surface area contributed by atoms with E-state index in [0.29, 0.717) is 17.4 Å². The lowest BCUT2D eigenvalue weighted by Gasteiger charge is -2.38. The first kappa shape index (κ1) is 22.7. The van der Waals surface area contributed by atoms with Gasteiger partial charge in [-0.25, -0.2) is 8.42 Å². The molecule has 5 nitrogen and oxygen atoms in total. The Morgan fingerprint density at radius 3 is 2.38 bits per heavy atom. The average Bonchev–Trinajstić information content (AvgIpc) is 3.34. The third kappa shape index (κ3) is 4.12. The van der Waals surface area contributed by atoms with Crippen molar-refractivity contribution in [2.24, 2.45) is 5.92 Å². The molecule has 0 aromatic heterocycles. The minimum atomic E-state index is -3.60. The van der Waals surface area contributed by atoms with Gasteiger partial charge < -0.3 is 10.2 Å². The molecular weight excluding hydrogens is 442 g/mol. The van der Waals surface area contributed by atoms with Crippen LogP contribution in [-0.2, 0) is 16.6 Å². The summed E-state index contributed by atoms with van der Waals surface area (Å²) >= 11 is 0. The van der Waals surface area contributed by atoms with Crippen LogP contribution in [0.15, 0.2) is 89.8 Å². The Balaban J connectivity index is 1.44. The van der Waals surface area contributed by atoms with Crippen molar-refractivity contribution in [3.05, 3.63) is 102 Å². The molecule has 6 heteroatoms. The predicted molar refractivity (Wildman–Crippen MR) is 139 cm³/mol. The number of benzene rings is 3. The van der Waals surface area contributed by atoms with Gasteiger partial charge in [-0.05, 0) is 59.4 Å². The van der Waals surface area contributed by atoms with E-state index in [1.807, 2.05) is 56.6 Å². The lowest BCUT2D eigenvalue weighted by Crippen LogP contribution is -2.30. The van der Waals surface area contributed by atoms with Gasteiger partial charge >= 0.3 is 0 Å². The molecule has 0 saturated heterocycles. The normalized spacial score (nSPS) is 21.1. The second kappa shape index (κ2) is 8.93. The molecular formula is C28H31N3O2S. The van der Waals surface area contributed by atoms with Crippen molar-refractivity contribution < 1.29 is 8.42 Å². The van der Waals surface area contributed by atoms with Gasteiger partial charge in [-0.1, -0.05) is 54.6 Å². The zero-order chi connectivity index (χ0) is 23.9. The summed E-state index contributed by atoms with van der Waals surface area (Å²) in [6.07, 6.45) is 5.45. The number of allylic oxidation sites excluding steroid dienone is 2. The number of fused-ring (bicyclic) bond motifs is 3. The van der Waals surface area contributed by atoms with Crippen LogP contribution in [0, 0.1) is 5.92 Å². The molecule has 0 spiro atoms. The van der Waals surface area contributed by atoms with Crippen molar-refractivity contribution in [2.75, 3.05) is 31.4 Å². The van der Waals surface area contributed by atoms with E-state index in [4.69, 9.17) is 0 Å². The Bertz CT molecular complexity index is 1300. The molecule has 0 bridgehead atoms. The first-order valence-corrected chi connectivity index (χ1v) is 13.1. The molecule has 0 amide bonds. The topological polar surface area (TPSA) is 52.7 Å². The molecule has 5 rings (SSSR count). The van der Waals surface area contributed by atoms with Gasteiger partial charge in [0.2, 0.25) is 10.0 Å². The van der Waals surface area contributed by atoms with Crippen LogP contribution in [0.1, 0.15) is 35.1 Å². The smallest absolute Gasteiger partial charge is 0.243 e. The van der Waals surface area contributed by atoms with Crippen molar-refractivity contribution in [1.82, 2.24) is 4.31 Å². The molecule has 2 aliphatic rings. The second-order valence-corrected chi connectivity index (χ2v) is 11.5. The summed E-state index contributed by atoms with van der Waals surface area (Å²) in [4.78, 5) is 2.45. The monoisotopic (exact) mass is 473 g/mol. The summed E-state index contributed by atoms with van der Waals surface area (Å²) in [6.45, 7) is 0.343. The summed E-state index contributed by atoms with van der Waals surface area (Å²) in [5, 5.41) is 3.72. The summed E-state index contributed by atoms with van der Waals surface area (Å²) in [5.41, 5.74) is 5.48. The number of sulfonamides is 1. The van der Waals surface area contributed by atoms with Crippen molar-refractivity contribution in [3.8, 4) is 0 Å². The summed E-state index contributed by atoms with van der Waals surface area (Å²) in [7, 11) is 2.13. The van der Waals surface area contributed by atoms with Crippen molar-refractivity contribution >= 4 is 21.4 Å². The molecule has 0 saturated carbocycles. The van der Waals surface area contributed by atoms with Crippen molar-refractivity contribution in [2.45, 2.75) is 29.8 Å². The third-order valence-corrected chi connectivity index (χ3v) is 8.86. The Morgan fingerprint density at radius 1 is 0.941 bits per heavy atom. The highest BCUT2D eigenvalue weighted by Crippen LogP contribution is 2.50. The van der Waals surface area contributed by atoms with E-state index < -0.39 is 10.0 Å². The van der Waals surface area contributed by atoms with E-state index in [1.54, 1.807) is 13.1 Å². The SMILES string of the molecule is CN(C)c1ccc(C2Nc3ccc(S(=O)(=O)N(C)Cc4ccccc4)cc3C3C=CCC32)cc1. The average molecular weight is 474 g/mol. The first-order chi connectivity index (χ1) is 16.3. The summed E-state index contributed by atoms with van der Waals surface area (Å²) in [5.74, 6) is 0.557. The molecule has 1 aliphatic heterocycles. The predicted octanol–water partition coefficient (Wildman–Crippen LogP) is 5.40. The van der Waals surface area contributed by atoms with Crippen LogP contribution >= 0.6 is 0 Å². The van der Waals surface area contributed by atoms with Crippen molar-refractivity contribution in [1.29, 1.82) is 0 Å². The maximum Gasteiger partial charge on any atom is 0.243 e. The molecule has 1 aliphatic carbocycles. The lowest BCUT2D eigenvalue weighted by molar-refractivity contribution is 0.424. The molecule has 3 aromatic rings. The fourth-order valence-corrected chi connectivity index (χ4v) is 6.34. The first-order valence-electron chi connectivity index (χ1n) is 11.7. The zero-order valence-electron chi connectivity index (χ0n) is 19.8. The van der Waals surface area contributed by atoms with Crippen LogP contribution in [0.25, 0.3) is 0 Å². The molecule has 34 heavy (non-hydrogen) atoms. The van der Waals surface area contributed by atoms with E-state index >= 15 is 0 Å². The van der Waals surface area contributed by atoms with E-state index in [0.717, 1.165) is 23.2 Å². The highest BCUT2D eigenvalue weighted by Gasteiger charge is 2.38. The highest BCUT2D eigenvalue weighted by molar-refractivity contribution is 7.89. The molecule has 1 heterocycles. The van der Waals surface area contributed by atoms with Gasteiger partial charge in [0.25, 0.3) is 0 Å². The van der Waals surface area contributed by atoms with Gasteiger partial charge in [-0.15, -0.1) is 0 Å². The maximum absolute atomic E-state index is 13.4. The molecule has 3 unspecified atom stereocenters. The zero-order valence-corrected chi connectivity index (χ0v) is 20.7. The lowest BCUT2D eigenvalue weighted by atomic mass is 9.77. The van der Waals surface area contributed by atoms with Gasteiger partial charge in [-0.2, -0.15) is 4.31 Å². The van der Waals surface area contributed by atoms with Gasteiger partial charge in [0.15, 0.2) is 0 Å². The molecule has 1 N–H and O–H groups in total. The molecule has 3 aromatic carbocycles. The second-order valence-electron chi connectivity index (χ2n) is 9.46. The van der Waals surface area contributed by atoms with Crippen LogP contribution in [0.5, 0.6) is 0 Å². The number of anilines is 2. The Morgan fingerprint density at radius 2 is 1.68 bits per heavy atom. The van der Waals surface area contributed by atoms with Gasteiger partial charge in [0.05, 0.1) is 10.9 Å². The maximum atomic E-state index is 13.4. The molecule has 3 atom stereocenters. The standard InChI is InChI=1S/C28H31N3O2S/c1-30(2)22-14-12-21(13-15-22)28-25-11-7-10-24(25)26-18-23(16-17-27(26)29-28)34(32,33)31(3)19-20-8-5-4-6-9-20/h4-10,12-18,24-25,28-29H,11,19H2,1-3H3. The number of nitrogens with one attached hydrogen (secondary N) is 1. The Kier molecular flexibility index (Phi) is 5.96. The molecule has 0 radical (unpaired) electrons. The third-order valence-electron chi connectivity index (χ3n) is 7.06. The largest absolute Gasteiger partial charge is 0.378 e. The minimum absolute atomic E-state index is 0.187. The molecule has 0 fully saturated rings. The van der Waals surface area contributed by atoms with Crippen LogP contribution in [0.3, 0.4) is 0 Å². The van der Waals surface area contributed by atoms with Gasteiger partial charge in [0.1, 0.15) is 0 Å². The van der Waals surface area contributed by atoms with Crippen LogP contribution in [0.4, 0.5) is 11.4 Å². The quantitative estimate of drug-likeness (QED) is 0.487. The number of hydrogen-bond acceptors (Lipinski definition) is 4. The molecule has 176 valence electrons. The minimum Gasteiger partial charge on any atom is -0.378 e. The summed E-state index contributed by atoms with van der Waals surface area (Å²) in [6, 6.07) is 24.1. The fourth-order valence-electron chi connectivity index (χ4n) is 5.15. The van der Waals surface area contributed by atoms with Gasteiger partial charge in [-0.3, -0.25) is 0 Å². The summed E-state index contributed by atoms with van der Waals surface area (Å²) < 4.78 is 28.2. The van der Waals surface area contributed by atoms with Gasteiger partial charge in [0, 0.05) is 45.0 Å². The number of hydrogen-bond donors (Lipinski definition) is 1. The highest BCUT2D eigenvalue weighted by atomic mass is 32.2. The number of rotatable bonds is 6. The van der Waals surface area contributed by atoms with E-state index in [1.165, 1.54) is 15.6 Å². The Labute approximate surface area is 202 Å². The fraction of sp³-hybridized carbons (Fsp3) is 0.286. The van der Waals surface area contributed by atoms with Crippen LogP contribution < -0.4 is 10.2 Å². The number of nitrogens with zero attached hydrogens (tertiary/aromatic N) is 2. The van der Waals surface area contributed by atoms with Crippen molar-refractivity contribution in [3.63, 3.8) is 0 Å². The van der Waals surface area contributed by atoms with Crippen LogP contribution in [-0.4, -0.2) is 33.9 Å². The van der Waals surface area contributed by atoms with E-state index in [2.05, 4.69) is 46.6 Å². The van der Waals surface area contributed by atoms with E-state index in [9.17, 15) is 8.42 Å². The van der Waals surface area contributed by atoms with Crippen LogP contribution in [0.2, 0.25) is 0 Å². The Hall–Kier alpha value is -3.09. The van der Waals surface area contributed by atoms with E-state index in [-0.39, 0.29) is 12.0 Å².